The normalized spacial score (nSPS) is 12.4. The molecule has 1 rings (SSSR count). The van der Waals surface area contributed by atoms with Crippen LogP contribution in [0.3, 0.4) is 0 Å². The molecule has 0 aliphatic carbocycles. The van der Waals surface area contributed by atoms with Crippen molar-refractivity contribution in [1.82, 2.24) is 0 Å². The van der Waals surface area contributed by atoms with E-state index in [0.29, 0.717) is 5.56 Å². The second-order valence-electron chi connectivity index (χ2n) is 5.98. The highest BCUT2D eigenvalue weighted by atomic mass is 32.2. The fourth-order valence-electron chi connectivity index (χ4n) is 1.69. The van der Waals surface area contributed by atoms with Gasteiger partial charge in [-0.3, -0.25) is 4.79 Å². The SMILES string of the molecule is CC(C)OC(=O)[C@H](N)C(C)(C)SC(=O)OCOC(=O)c1ccccc1. The Kier molecular flexibility index (Phi) is 7.92. The predicted octanol–water partition coefficient (Wildman–Crippen LogP) is 2.73. The smallest absolute Gasteiger partial charge is 0.370 e. The molecule has 0 fully saturated rings. The van der Waals surface area contributed by atoms with E-state index in [-0.39, 0.29) is 6.10 Å². The van der Waals surface area contributed by atoms with Gasteiger partial charge >= 0.3 is 17.2 Å². The fraction of sp³-hybridized carbons (Fsp3) is 0.471. The molecular formula is C17H23NO6S. The van der Waals surface area contributed by atoms with E-state index in [0.717, 1.165) is 11.8 Å². The molecule has 0 bridgehead atoms. The van der Waals surface area contributed by atoms with Crippen molar-refractivity contribution in [2.24, 2.45) is 5.73 Å². The molecular weight excluding hydrogens is 346 g/mol. The zero-order valence-corrected chi connectivity index (χ0v) is 15.5. The van der Waals surface area contributed by atoms with Gasteiger partial charge in [0, 0.05) is 4.75 Å². The number of benzene rings is 1. The first-order chi connectivity index (χ1) is 11.6. The van der Waals surface area contributed by atoms with E-state index in [1.54, 1.807) is 58.0 Å². The van der Waals surface area contributed by atoms with Crippen LogP contribution in [0.15, 0.2) is 30.3 Å². The highest BCUT2D eigenvalue weighted by Gasteiger charge is 2.37. The number of carbonyl (C=O) groups excluding carboxylic acids is 3. The quantitative estimate of drug-likeness (QED) is 0.578. The van der Waals surface area contributed by atoms with E-state index in [1.165, 1.54) is 0 Å². The molecule has 0 radical (unpaired) electrons. The molecule has 1 aromatic rings. The lowest BCUT2D eigenvalue weighted by molar-refractivity contribution is -0.149. The summed E-state index contributed by atoms with van der Waals surface area (Å²) in [5, 5.41) is -0.710. The van der Waals surface area contributed by atoms with Crippen molar-refractivity contribution < 1.29 is 28.6 Å². The van der Waals surface area contributed by atoms with Crippen LogP contribution in [0.25, 0.3) is 0 Å². The number of nitrogens with two attached hydrogens (primary N) is 1. The lowest BCUT2D eigenvalue weighted by atomic mass is 10.0. The van der Waals surface area contributed by atoms with Gasteiger partial charge in [-0.15, -0.1) is 0 Å². The highest BCUT2D eigenvalue weighted by Crippen LogP contribution is 2.29. The minimum Gasteiger partial charge on any atom is -0.462 e. The Morgan fingerprint density at radius 2 is 1.72 bits per heavy atom. The number of esters is 2. The molecule has 0 saturated heterocycles. The van der Waals surface area contributed by atoms with E-state index in [1.807, 2.05) is 0 Å². The summed E-state index contributed by atoms with van der Waals surface area (Å²) < 4.78 is 13.8. The molecule has 0 unspecified atom stereocenters. The maximum absolute atomic E-state index is 11.9. The van der Waals surface area contributed by atoms with Gasteiger partial charge in [0.15, 0.2) is 0 Å². The second kappa shape index (κ2) is 9.43. The van der Waals surface area contributed by atoms with Gasteiger partial charge in [-0.25, -0.2) is 9.59 Å². The molecule has 0 spiro atoms. The molecule has 138 valence electrons. The second-order valence-corrected chi connectivity index (χ2v) is 7.57. The zero-order valence-electron chi connectivity index (χ0n) is 14.7. The Balaban J connectivity index is 2.44. The van der Waals surface area contributed by atoms with E-state index in [9.17, 15) is 14.4 Å². The third-order valence-corrected chi connectivity index (χ3v) is 4.14. The summed E-state index contributed by atoms with van der Waals surface area (Å²) in [6.45, 7) is 6.14. The number of hydrogen-bond acceptors (Lipinski definition) is 8. The number of thioether (sulfide) groups is 1. The molecule has 2 N–H and O–H groups in total. The Labute approximate surface area is 151 Å². The van der Waals surface area contributed by atoms with Gasteiger partial charge in [0.1, 0.15) is 6.04 Å². The Morgan fingerprint density at radius 1 is 1.12 bits per heavy atom. The van der Waals surface area contributed by atoms with Crippen LogP contribution in [0, 0.1) is 0 Å². The average molecular weight is 369 g/mol. The summed E-state index contributed by atoms with van der Waals surface area (Å²) in [4.78, 5) is 35.4. The zero-order chi connectivity index (χ0) is 19.0. The molecule has 0 heterocycles. The van der Waals surface area contributed by atoms with E-state index in [2.05, 4.69) is 0 Å². The molecule has 25 heavy (non-hydrogen) atoms. The van der Waals surface area contributed by atoms with Crippen LogP contribution in [-0.2, 0) is 19.0 Å². The van der Waals surface area contributed by atoms with Crippen LogP contribution in [0.2, 0.25) is 0 Å². The van der Waals surface area contributed by atoms with Gasteiger partial charge in [-0.05, 0) is 51.6 Å². The fourth-order valence-corrected chi connectivity index (χ4v) is 2.45. The molecule has 0 aromatic heterocycles. The third kappa shape index (κ3) is 7.15. The van der Waals surface area contributed by atoms with Crippen LogP contribution in [0.5, 0.6) is 0 Å². The molecule has 0 saturated carbocycles. The number of carbonyl (C=O) groups is 3. The minimum absolute atomic E-state index is 0.302. The standard InChI is InChI=1S/C17H23NO6S/c1-11(2)24-15(20)13(18)17(3,4)25-16(21)23-10-22-14(19)12-8-6-5-7-9-12/h5-9,11,13H,10,18H2,1-4H3/t13-/m0/s1. The van der Waals surface area contributed by atoms with Crippen LogP contribution < -0.4 is 5.73 Å². The van der Waals surface area contributed by atoms with E-state index >= 15 is 0 Å². The molecule has 7 nitrogen and oxygen atoms in total. The first-order valence-electron chi connectivity index (χ1n) is 7.67. The van der Waals surface area contributed by atoms with Gasteiger partial charge in [0.25, 0.3) is 0 Å². The highest BCUT2D eigenvalue weighted by molar-refractivity contribution is 8.14. The topological polar surface area (TPSA) is 105 Å². The summed E-state index contributed by atoms with van der Waals surface area (Å²) in [7, 11) is 0. The number of ether oxygens (including phenoxy) is 3. The Bertz CT molecular complexity index is 602. The maximum atomic E-state index is 11.9. The van der Waals surface area contributed by atoms with Crippen molar-refractivity contribution in [2.45, 2.75) is 44.6 Å². The van der Waals surface area contributed by atoms with Crippen LogP contribution in [0.4, 0.5) is 4.79 Å². The Morgan fingerprint density at radius 3 is 2.28 bits per heavy atom. The van der Waals surface area contributed by atoms with Gasteiger partial charge in [0.2, 0.25) is 6.79 Å². The monoisotopic (exact) mass is 369 g/mol. The van der Waals surface area contributed by atoms with Gasteiger partial charge < -0.3 is 19.9 Å². The van der Waals surface area contributed by atoms with Crippen LogP contribution in [0.1, 0.15) is 38.1 Å². The molecule has 0 aliphatic rings. The van der Waals surface area contributed by atoms with Crippen molar-refractivity contribution in [3.05, 3.63) is 35.9 Å². The first kappa shape index (κ1) is 21.0. The van der Waals surface area contributed by atoms with Crippen LogP contribution in [-0.4, -0.2) is 40.9 Å². The summed E-state index contributed by atoms with van der Waals surface area (Å²) in [5.74, 6) is -1.20. The van der Waals surface area contributed by atoms with Gasteiger partial charge in [0.05, 0.1) is 11.7 Å². The van der Waals surface area contributed by atoms with E-state index in [4.69, 9.17) is 19.9 Å². The summed E-state index contributed by atoms with van der Waals surface area (Å²) in [5.41, 5.74) is 6.21. The predicted molar refractivity (Wildman–Crippen MR) is 94.1 cm³/mol. The molecule has 0 amide bonds. The van der Waals surface area contributed by atoms with Crippen molar-refractivity contribution >= 4 is 29.0 Å². The molecule has 1 aromatic carbocycles. The van der Waals surface area contributed by atoms with Crippen molar-refractivity contribution in [2.75, 3.05) is 6.79 Å². The lowest BCUT2D eigenvalue weighted by Crippen LogP contribution is -2.48. The minimum atomic E-state index is -1.01. The summed E-state index contributed by atoms with van der Waals surface area (Å²) in [6.07, 6.45) is -0.302. The van der Waals surface area contributed by atoms with Crippen molar-refractivity contribution in [3.8, 4) is 0 Å². The summed E-state index contributed by atoms with van der Waals surface area (Å²) >= 11 is 0.735. The van der Waals surface area contributed by atoms with Crippen LogP contribution >= 0.6 is 11.8 Å². The Hall–Kier alpha value is -2.06. The number of rotatable bonds is 7. The van der Waals surface area contributed by atoms with Gasteiger partial charge in [-0.2, -0.15) is 0 Å². The average Bonchev–Trinajstić information content (AvgIpc) is 2.53. The molecule has 0 aliphatic heterocycles. The van der Waals surface area contributed by atoms with E-state index < -0.39 is 34.8 Å². The van der Waals surface area contributed by atoms with Crippen molar-refractivity contribution in [1.29, 1.82) is 0 Å². The first-order valence-corrected chi connectivity index (χ1v) is 8.49. The van der Waals surface area contributed by atoms with Crippen molar-refractivity contribution in [3.63, 3.8) is 0 Å². The molecule has 8 heteroatoms. The largest absolute Gasteiger partial charge is 0.462 e. The van der Waals surface area contributed by atoms with Gasteiger partial charge in [-0.1, -0.05) is 18.2 Å². The maximum Gasteiger partial charge on any atom is 0.370 e. The third-order valence-electron chi connectivity index (χ3n) is 3.08. The lowest BCUT2D eigenvalue weighted by Gasteiger charge is -2.28. The molecule has 1 atom stereocenters. The number of hydrogen-bond donors (Lipinski definition) is 1. The summed E-state index contributed by atoms with van der Waals surface area (Å²) in [6, 6.07) is 7.31.